The molecule has 1 aromatic heterocycles. The van der Waals surface area contributed by atoms with Crippen LogP contribution in [-0.2, 0) is 6.42 Å². The largest absolute Gasteiger partial charge is 0.478 e. The molecule has 5 rings (SSSR count). The summed E-state index contributed by atoms with van der Waals surface area (Å²) in [6.07, 6.45) is 5.69. The number of benzene rings is 3. The van der Waals surface area contributed by atoms with Gasteiger partial charge in [-0.05, 0) is 55.2 Å². The number of carbonyl (C=O) groups is 2. The van der Waals surface area contributed by atoms with Gasteiger partial charge in [-0.2, -0.15) is 0 Å². The van der Waals surface area contributed by atoms with Gasteiger partial charge in [0.25, 0.3) is 0 Å². The summed E-state index contributed by atoms with van der Waals surface area (Å²) in [5.74, 6) is -0.0101. The van der Waals surface area contributed by atoms with Crippen molar-refractivity contribution in [2.45, 2.75) is 44.6 Å². The van der Waals surface area contributed by atoms with Gasteiger partial charge >= 0.3 is 5.97 Å². The molecule has 0 unspecified atom stereocenters. The molecule has 1 aliphatic carbocycles. The molecule has 34 heavy (non-hydrogen) atoms. The summed E-state index contributed by atoms with van der Waals surface area (Å²) in [5, 5.41) is 9.39. The second-order valence-electron chi connectivity index (χ2n) is 8.88. The third-order valence-corrected chi connectivity index (χ3v) is 7.11. The van der Waals surface area contributed by atoms with Crippen LogP contribution in [0, 0.1) is 0 Å². The molecule has 1 saturated carbocycles. The fourth-order valence-electron chi connectivity index (χ4n) is 4.87. The van der Waals surface area contributed by atoms with Gasteiger partial charge < -0.3 is 9.67 Å². The molecular weight excluding hydrogens is 492 g/mol. The number of hydrogen-bond donors (Lipinski definition) is 1. The topological polar surface area (TPSA) is 72.2 Å². The van der Waals surface area contributed by atoms with E-state index >= 15 is 0 Å². The van der Waals surface area contributed by atoms with Crippen LogP contribution in [0.15, 0.2) is 71.2 Å². The van der Waals surface area contributed by atoms with E-state index in [0.717, 1.165) is 39.8 Å². The van der Waals surface area contributed by atoms with E-state index < -0.39 is 5.97 Å². The number of fused-ring (bicyclic) bond motifs is 1. The molecule has 4 aromatic rings. The number of aromatic carboxylic acids is 1. The van der Waals surface area contributed by atoms with Crippen LogP contribution in [0.5, 0.6) is 0 Å². The molecule has 0 aliphatic heterocycles. The Kier molecular flexibility index (Phi) is 6.33. The second kappa shape index (κ2) is 9.55. The summed E-state index contributed by atoms with van der Waals surface area (Å²) in [5.41, 5.74) is 4.64. The maximum absolute atomic E-state index is 12.8. The molecule has 172 valence electrons. The lowest BCUT2D eigenvalue weighted by molar-refractivity contribution is 0.0696. The van der Waals surface area contributed by atoms with Gasteiger partial charge in [0.15, 0.2) is 5.78 Å². The molecule has 1 fully saturated rings. The van der Waals surface area contributed by atoms with Crippen LogP contribution in [0.25, 0.3) is 22.4 Å². The monoisotopic (exact) mass is 516 g/mol. The Bertz CT molecular complexity index is 1370. The molecule has 0 spiro atoms. The van der Waals surface area contributed by atoms with E-state index in [1.807, 2.05) is 54.6 Å². The first kappa shape index (κ1) is 22.5. The number of imidazole rings is 1. The first-order chi connectivity index (χ1) is 16.5. The number of halogens is 1. The lowest BCUT2D eigenvalue weighted by Crippen LogP contribution is -2.07. The molecule has 3 aromatic carbocycles. The van der Waals surface area contributed by atoms with Gasteiger partial charge in [-0.15, -0.1) is 0 Å². The van der Waals surface area contributed by atoms with Crippen molar-refractivity contribution >= 4 is 38.7 Å². The van der Waals surface area contributed by atoms with E-state index in [2.05, 4.69) is 20.5 Å². The number of carboxylic acid groups (broad SMARTS) is 1. The minimum Gasteiger partial charge on any atom is -0.478 e. The zero-order chi connectivity index (χ0) is 23.7. The number of aryl methyl sites for hydroxylation is 1. The highest BCUT2D eigenvalue weighted by atomic mass is 79.9. The fourth-order valence-corrected chi connectivity index (χ4v) is 5.31. The SMILES string of the molecule is O=C(O)c1ccc2c(c1)nc(-c1ccc(C(=O)CCc3cccc(Br)c3)cc1)n2C1CCCC1. The van der Waals surface area contributed by atoms with Gasteiger partial charge in [0, 0.05) is 28.1 Å². The Morgan fingerprint density at radius 1 is 0.971 bits per heavy atom. The summed E-state index contributed by atoms with van der Waals surface area (Å²) in [4.78, 5) is 29.1. The summed E-state index contributed by atoms with van der Waals surface area (Å²) in [6, 6.07) is 21.2. The molecule has 1 aliphatic rings. The quantitative estimate of drug-likeness (QED) is 0.266. The predicted molar refractivity (Wildman–Crippen MR) is 136 cm³/mol. The zero-order valence-corrected chi connectivity index (χ0v) is 20.3. The van der Waals surface area contributed by atoms with Crippen molar-refractivity contribution in [2.24, 2.45) is 0 Å². The van der Waals surface area contributed by atoms with E-state index in [-0.39, 0.29) is 11.3 Å². The molecule has 0 amide bonds. The normalized spacial score (nSPS) is 14.0. The number of ketones is 1. The van der Waals surface area contributed by atoms with Crippen molar-refractivity contribution < 1.29 is 14.7 Å². The summed E-state index contributed by atoms with van der Waals surface area (Å²) >= 11 is 3.48. The molecule has 0 saturated heterocycles. The lowest BCUT2D eigenvalue weighted by atomic mass is 10.0. The maximum Gasteiger partial charge on any atom is 0.335 e. The molecule has 1 N–H and O–H groups in total. The highest BCUT2D eigenvalue weighted by Crippen LogP contribution is 2.37. The summed E-state index contributed by atoms with van der Waals surface area (Å²) < 4.78 is 3.28. The minimum atomic E-state index is -0.954. The van der Waals surface area contributed by atoms with Gasteiger partial charge in [0.05, 0.1) is 16.6 Å². The molecule has 0 atom stereocenters. The third kappa shape index (κ3) is 4.55. The average molecular weight is 517 g/mol. The first-order valence-electron chi connectivity index (χ1n) is 11.6. The van der Waals surface area contributed by atoms with Gasteiger partial charge in [0.2, 0.25) is 0 Å². The van der Waals surface area contributed by atoms with E-state index in [0.29, 0.717) is 30.0 Å². The molecular formula is C28H25BrN2O3. The van der Waals surface area contributed by atoms with Crippen molar-refractivity contribution in [3.63, 3.8) is 0 Å². The maximum atomic E-state index is 12.8. The van der Waals surface area contributed by atoms with E-state index in [1.54, 1.807) is 12.1 Å². The van der Waals surface area contributed by atoms with Gasteiger partial charge in [-0.1, -0.05) is 65.2 Å². The molecule has 6 heteroatoms. The average Bonchev–Trinajstić information content (AvgIpc) is 3.50. The Labute approximate surface area is 206 Å². The Morgan fingerprint density at radius 3 is 2.41 bits per heavy atom. The van der Waals surface area contributed by atoms with Crippen LogP contribution in [-0.4, -0.2) is 26.4 Å². The number of aromatic nitrogens is 2. The Morgan fingerprint density at radius 2 is 1.71 bits per heavy atom. The number of nitrogens with zero attached hydrogens (tertiary/aromatic N) is 2. The zero-order valence-electron chi connectivity index (χ0n) is 18.7. The van der Waals surface area contributed by atoms with Crippen LogP contribution in [0.3, 0.4) is 0 Å². The van der Waals surface area contributed by atoms with Crippen LogP contribution in [0.1, 0.15) is 64.4 Å². The van der Waals surface area contributed by atoms with E-state index in [1.165, 1.54) is 12.8 Å². The standard InChI is InChI=1S/C28H25BrN2O3/c29-22-5-3-4-18(16-22)8-15-26(32)19-9-11-20(12-10-19)27-30-24-17-21(28(33)34)13-14-25(24)31(27)23-6-1-2-7-23/h3-5,9-14,16-17,23H,1-2,6-8,15H2,(H,33,34). The Hall–Kier alpha value is -3.25. The van der Waals surface area contributed by atoms with Gasteiger partial charge in [0.1, 0.15) is 5.82 Å². The third-order valence-electron chi connectivity index (χ3n) is 6.62. The van der Waals surface area contributed by atoms with Crippen LogP contribution < -0.4 is 0 Å². The van der Waals surface area contributed by atoms with Crippen LogP contribution in [0.4, 0.5) is 0 Å². The minimum absolute atomic E-state index is 0.113. The highest BCUT2D eigenvalue weighted by molar-refractivity contribution is 9.10. The molecule has 1 heterocycles. The van der Waals surface area contributed by atoms with E-state index in [9.17, 15) is 14.7 Å². The first-order valence-corrected chi connectivity index (χ1v) is 12.4. The van der Waals surface area contributed by atoms with Crippen LogP contribution in [0.2, 0.25) is 0 Å². The van der Waals surface area contributed by atoms with Crippen molar-refractivity contribution in [2.75, 3.05) is 0 Å². The lowest BCUT2D eigenvalue weighted by Gasteiger charge is -2.16. The van der Waals surface area contributed by atoms with Crippen molar-refractivity contribution in [3.8, 4) is 11.4 Å². The molecule has 0 bridgehead atoms. The number of rotatable bonds is 7. The second-order valence-corrected chi connectivity index (χ2v) is 9.80. The highest BCUT2D eigenvalue weighted by Gasteiger charge is 2.24. The smallest absolute Gasteiger partial charge is 0.335 e. The van der Waals surface area contributed by atoms with Crippen molar-refractivity contribution in [1.29, 1.82) is 0 Å². The molecule has 5 nitrogen and oxygen atoms in total. The van der Waals surface area contributed by atoms with Crippen molar-refractivity contribution in [3.05, 3.63) is 87.9 Å². The Balaban J connectivity index is 1.43. The van der Waals surface area contributed by atoms with Gasteiger partial charge in [-0.3, -0.25) is 4.79 Å². The number of carboxylic acids is 1. The molecule has 0 radical (unpaired) electrons. The predicted octanol–water partition coefficient (Wildman–Crippen LogP) is 7.09. The summed E-state index contributed by atoms with van der Waals surface area (Å²) in [6.45, 7) is 0. The fraction of sp³-hybridized carbons (Fsp3) is 0.250. The number of hydrogen-bond acceptors (Lipinski definition) is 3. The van der Waals surface area contributed by atoms with E-state index in [4.69, 9.17) is 4.98 Å². The summed E-state index contributed by atoms with van der Waals surface area (Å²) in [7, 11) is 0. The van der Waals surface area contributed by atoms with Crippen LogP contribution >= 0.6 is 15.9 Å². The van der Waals surface area contributed by atoms with Gasteiger partial charge in [-0.25, -0.2) is 9.78 Å². The number of Topliss-reactive ketones (excluding diaryl/α,β-unsaturated/α-hetero) is 1. The number of carbonyl (C=O) groups excluding carboxylic acids is 1. The van der Waals surface area contributed by atoms with Crippen molar-refractivity contribution in [1.82, 2.24) is 9.55 Å².